The maximum absolute atomic E-state index is 13.2. The molecule has 28 heavy (non-hydrogen) atoms. The highest BCUT2D eigenvalue weighted by molar-refractivity contribution is 6.04. The first-order valence-corrected chi connectivity index (χ1v) is 8.60. The third-order valence-corrected chi connectivity index (χ3v) is 4.33. The number of amides is 1. The average Bonchev–Trinajstić information content (AvgIpc) is 3.42. The van der Waals surface area contributed by atoms with Crippen molar-refractivity contribution in [1.82, 2.24) is 10.1 Å². The molecule has 0 spiro atoms. The number of rotatable bonds is 5. The minimum atomic E-state index is -0.831. The largest absolute Gasteiger partial charge is 0.452 e. The smallest absolute Gasteiger partial charge is 0.339 e. The average molecular weight is 387 g/mol. The lowest BCUT2D eigenvalue weighted by Crippen LogP contribution is -2.21. The van der Waals surface area contributed by atoms with Crippen molar-refractivity contribution in [2.45, 2.75) is 25.7 Å². The van der Waals surface area contributed by atoms with Gasteiger partial charge in [0, 0.05) is 23.4 Å². The molecule has 2 aromatic heterocycles. The third-order valence-electron chi connectivity index (χ3n) is 4.33. The Kier molecular flexibility index (Phi) is 4.50. The second kappa shape index (κ2) is 6.99. The normalized spacial score (nSPS) is 13.5. The topological polar surface area (TPSA) is 94.3 Å². The van der Waals surface area contributed by atoms with E-state index in [1.165, 1.54) is 0 Å². The molecule has 144 valence electrons. The Hall–Kier alpha value is -3.36. The third kappa shape index (κ3) is 3.68. The molecular weight excluding hydrogens is 372 g/mol. The molecule has 1 aliphatic rings. The van der Waals surface area contributed by atoms with Crippen molar-refractivity contribution in [2.75, 3.05) is 11.9 Å². The van der Waals surface area contributed by atoms with Gasteiger partial charge < -0.3 is 14.6 Å². The number of hydrogen-bond acceptors (Lipinski definition) is 6. The number of nitrogens with zero attached hydrogens (tertiary/aromatic N) is 2. The van der Waals surface area contributed by atoms with Gasteiger partial charge in [0.25, 0.3) is 11.6 Å². The van der Waals surface area contributed by atoms with Gasteiger partial charge in [-0.05, 0) is 38.0 Å². The fourth-order valence-corrected chi connectivity index (χ4v) is 2.89. The summed E-state index contributed by atoms with van der Waals surface area (Å²) in [4.78, 5) is 28.9. The predicted molar refractivity (Wildman–Crippen MR) is 93.8 cm³/mol. The molecule has 0 radical (unpaired) electrons. The van der Waals surface area contributed by atoms with E-state index >= 15 is 0 Å². The van der Waals surface area contributed by atoms with E-state index in [0.717, 1.165) is 30.7 Å². The van der Waals surface area contributed by atoms with Gasteiger partial charge in [0.2, 0.25) is 0 Å². The second-order valence-electron chi connectivity index (χ2n) is 6.60. The predicted octanol–water partition coefficient (Wildman–Crippen LogP) is 3.48. The maximum atomic E-state index is 13.2. The van der Waals surface area contributed by atoms with Gasteiger partial charge in [0.05, 0.1) is 16.6 Å². The summed E-state index contributed by atoms with van der Waals surface area (Å²) in [5.74, 6) is -2.86. The number of halogens is 2. The molecule has 1 saturated carbocycles. The first-order valence-electron chi connectivity index (χ1n) is 8.60. The van der Waals surface area contributed by atoms with Gasteiger partial charge >= 0.3 is 5.97 Å². The SMILES string of the molecule is Cc1noc2nc(C3CC3)cc(C(=O)OCC(=O)Nc3cc(F)cc(F)c3)c12. The summed E-state index contributed by atoms with van der Waals surface area (Å²) in [6, 6.07) is 4.23. The molecule has 1 aliphatic carbocycles. The van der Waals surface area contributed by atoms with Crippen LogP contribution < -0.4 is 5.32 Å². The zero-order chi connectivity index (χ0) is 19.8. The molecule has 0 saturated heterocycles. The van der Waals surface area contributed by atoms with Crippen molar-refractivity contribution in [1.29, 1.82) is 0 Å². The number of carbonyl (C=O) groups is 2. The molecule has 3 aromatic rings. The number of aromatic nitrogens is 2. The van der Waals surface area contributed by atoms with Crippen LogP contribution in [0.25, 0.3) is 11.1 Å². The minimum absolute atomic E-state index is 0.0734. The minimum Gasteiger partial charge on any atom is -0.452 e. The van der Waals surface area contributed by atoms with E-state index < -0.39 is 30.1 Å². The monoisotopic (exact) mass is 387 g/mol. The molecule has 9 heteroatoms. The van der Waals surface area contributed by atoms with Crippen molar-refractivity contribution in [3.05, 3.63) is 52.9 Å². The van der Waals surface area contributed by atoms with E-state index in [0.29, 0.717) is 17.1 Å². The van der Waals surface area contributed by atoms with Crippen LogP contribution in [0.5, 0.6) is 0 Å². The summed E-state index contributed by atoms with van der Waals surface area (Å²) in [6.45, 7) is 1.05. The summed E-state index contributed by atoms with van der Waals surface area (Å²) in [6.07, 6.45) is 1.96. The Morgan fingerprint density at radius 2 is 1.93 bits per heavy atom. The van der Waals surface area contributed by atoms with E-state index in [-0.39, 0.29) is 22.9 Å². The standard InChI is InChI=1S/C19H15F2N3O4/c1-9-17-14(7-15(10-2-3-10)23-18(17)28-24-9)19(26)27-8-16(25)22-13-5-11(20)4-12(21)6-13/h4-7,10H,2-3,8H2,1H3,(H,22,25). The van der Waals surface area contributed by atoms with Gasteiger partial charge in [-0.3, -0.25) is 4.79 Å². The van der Waals surface area contributed by atoms with E-state index in [1.54, 1.807) is 13.0 Å². The Balaban J connectivity index is 1.49. The first-order chi connectivity index (χ1) is 13.4. The van der Waals surface area contributed by atoms with Crippen molar-refractivity contribution < 1.29 is 27.6 Å². The quantitative estimate of drug-likeness (QED) is 0.674. The number of carbonyl (C=O) groups excluding carboxylic acids is 2. The molecule has 1 aromatic carbocycles. The van der Waals surface area contributed by atoms with Crippen molar-refractivity contribution in [3.8, 4) is 0 Å². The molecule has 1 N–H and O–H groups in total. The van der Waals surface area contributed by atoms with Gasteiger partial charge in [-0.25, -0.2) is 18.6 Å². The highest BCUT2D eigenvalue weighted by Crippen LogP contribution is 2.40. The van der Waals surface area contributed by atoms with Gasteiger partial charge in [-0.1, -0.05) is 5.16 Å². The summed E-state index contributed by atoms with van der Waals surface area (Å²) in [5, 5.41) is 6.54. The Bertz CT molecular complexity index is 1070. The van der Waals surface area contributed by atoms with Crippen molar-refractivity contribution in [3.63, 3.8) is 0 Å². The van der Waals surface area contributed by atoms with E-state index in [4.69, 9.17) is 9.26 Å². The fraction of sp³-hybridized carbons (Fsp3) is 0.263. The molecule has 7 nitrogen and oxygen atoms in total. The highest BCUT2D eigenvalue weighted by Gasteiger charge is 2.29. The summed E-state index contributed by atoms with van der Waals surface area (Å²) in [7, 11) is 0. The lowest BCUT2D eigenvalue weighted by atomic mass is 10.1. The number of benzene rings is 1. The van der Waals surface area contributed by atoms with Gasteiger partial charge in [0.1, 0.15) is 11.6 Å². The zero-order valence-corrected chi connectivity index (χ0v) is 14.8. The van der Waals surface area contributed by atoms with Crippen molar-refractivity contribution >= 4 is 28.7 Å². The van der Waals surface area contributed by atoms with Crippen LogP contribution >= 0.6 is 0 Å². The number of hydrogen-bond donors (Lipinski definition) is 1. The summed E-state index contributed by atoms with van der Waals surface area (Å²) in [5.41, 5.74) is 1.59. The Morgan fingerprint density at radius 3 is 2.61 bits per heavy atom. The molecule has 2 heterocycles. The molecule has 4 rings (SSSR count). The second-order valence-corrected chi connectivity index (χ2v) is 6.60. The Morgan fingerprint density at radius 1 is 1.21 bits per heavy atom. The lowest BCUT2D eigenvalue weighted by molar-refractivity contribution is -0.119. The molecule has 0 atom stereocenters. The van der Waals surface area contributed by atoms with Gasteiger partial charge in [-0.15, -0.1) is 0 Å². The van der Waals surface area contributed by atoms with Crippen LogP contribution in [0.3, 0.4) is 0 Å². The van der Waals surface area contributed by atoms with Crippen LogP contribution in [0.15, 0.2) is 28.8 Å². The van der Waals surface area contributed by atoms with Crippen LogP contribution in [-0.4, -0.2) is 28.6 Å². The molecule has 0 aliphatic heterocycles. The number of nitrogens with one attached hydrogen (secondary N) is 1. The molecule has 0 bridgehead atoms. The molecular formula is C19H15F2N3O4. The number of ether oxygens (including phenoxy) is 1. The van der Waals surface area contributed by atoms with E-state index in [2.05, 4.69) is 15.5 Å². The van der Waals surface area contributed by atoms with Gasteiger partial charge in [-0.2, -0.15) is 0 Å². The number of aryl methyl sites for hydroxylation is 1. The van der Waals surface area contributed by atoms with Crippen LogP contribution in [0, 0.1) is 18.6 Å². The number of esters is 1. The lowest BCUT2D eigenvalue weighted by Gasteiger charge is -2.08. The summed E-state index contributed by atoms with van der Waals surface area (Å²) >= 11 is 0. The van der Waals surface area contributed by atoms with Crippen molar-refractivity contribution in [2.24, 2.45) is 0 Å². The van der Waals surface area contributed by atoms with Gasteiger partial charge in [0.15, 0.2) is 6.61 Å². The molecule has 1 fully saturated rings. The van der Waals surface area contributed by atoms with Crippen LogP contribution in [0.4, 0.5) is 14.5 Å². The number of anilines is 1. The zero-order valence-electron chi connectivity index (χ0n) is 14.8. The van der Waals surface area contributed by atoms with Crippen LogP contribution in [0.1, 0.15) is 40.5 Å². The highest BCUT2D eigenvalue weighted by atomic mass is 19.1. The van der Waals surface area contributed by atoms with E-state index in [9.17, 15) is 18.4 Å². The number of pyridine rings is 1. The van der Waals surface area contributed by atoms with Crippen LogP contribution in [-0.2, 0) is 9.53 Å². The fourth-order valence-electron chi connectivity index (χ4n) is 2.89. The first kappa shape index (κ1) is 18.0. The summed E-state index contributed by atoms with van der Waals surface area (Å²) < 4.78 is 36.6. The van der Waals surface area contributed by atoms with E-state index in [1.807, 2.05) is 0 Å². The van der Waals surface area contributed by atoms with Crippen LogP contribution in [0.2, 0.25) is 0 Å². The Labute approximate surface area is 157 Å². The molecule has 1 amide bonds. The maximum Gasteiger partial charge on any atom is 0.339 e. The molecule has 0 unspecified atom stereocenters. The number of fused-ring (bicyclic) bond motifs is 1.